The van der Waals surface area contributed by atoms with Gasteiger partial charge in [-0.15, -0.1) is 0 Å². The number of fused-ring (bicyclic) bond motifs is 1. The van der Waals surface area contributed by atoms with Crippen LogP contribution in [0.15, 0.2) is 36.5 Å². The predicted molar refractivity (Wildman–Crippen MR) is 80.7 cm³/mol. The van der Waals surface area contributed by atoms with Crippen molar-refractivity contribution in [2.45, 2.75) is 6.92 Å². The van der Waals surface area contributed by atoms with Gasteiger partial charge in [-0.25, -0.2) is 0 Å². The molecule has 1 aromatic carbocycles. The van der Waals surface area contributed by atoms with Gasteiger partial charge in [0.2, 0.25) is 0 Å². The molecule has 0 saturated carbocycles. The molecule has 2 rings (SSSR count). The fourth-order valence-corrected chi connectivity index (χ4v) is 1.90. The van der Waals surface area contributed by atoms with Crippen LogP contribution in [-0.4, -0.2) is 30.6 Å². The van der Waals surface area contributed by atoms with E-state index < -0.39 is 0 Å². The topological polar surface area (TPSA) is 80.1 Å². The fraction of sp³-hybridized carbons (Fsp3) is 0.267. The second kappa shape index (κ2) is 6.25. The Kier molecular flexibility index (Phi) is 4.42. The Hall–Kier alpha value is -2.27. The van der Waals surface area contributed by atoms with Gasteiger partial charge in [-0.3, -0.25) is 4.79 Å². The van der Waals surface area contributed by atoms with Crippen LogP contribution in [-0.2, 0) is 4.74 Å². The molecule has 0 aliphatic rings. The average Bonchev–Trinajstić information content (AvgIpc) is 2.80. The quantitative estimate of drug-likeness (QED) is 0.428. The zero-order valence-corrected chi connectivity index (χ0v) is 11.5. The minimum Gasteiger partial charge on any atom is -0.399 e. The highest BCUT2D eigenvalue weighted by Gasteiger charge is 2.11. The number of ether oxygens (including phenoxy) is 1. The van der Waals surface area contributed by atoms with E-state index in [1.54, 1.807) is 18.3 Å². The molecule has 0 spiro atoms. The van der Waals surface area contributed by atoms with Crippen molar-refractivity contribution in [3.63, 3.8) is 0 Å². The highest BCUT2D eigenvalue weighted by atomic mass is 16.5. The molecule has 0 aliphatic carbocycles. The number of aromatic nitrogens is 1. The van der Waals surface area contributed by atoms with Crippen LogP contribution in [0.25, 0.3) is 10.9 Å². The van der Waals surface area contributed by atoms with Crippen LogP contribution in [0.4, 0.5) is 5.69 Å². The van der Waals surface area contributed by atoms with Crippen LogP contribution in [0.5, 0.6) is 0 Å². The van der Waals surface area contributed by atoms with E-state index in [0.717, 1.165) is 16.5 Å². The summed E-state index contributed by atoms with van der Waals surface area (Å²) in [6.45, 7) is 7.07. The lowest BCUT2D eigenvalue weighted by Crippen LogP contribution is -2.27. The number of nitrogens with one attached hydrogen (secondary N) is 2. The van der Waals surface area contributed by atoms with Gasteiger partial charge in [0.25, 0.3) is 5.91 Å². The van der Waals surface area contributed by atoms with Gasteiger partial charge < -0.3 is 20.8 Å². The molecule has 5 heteroatoms. The minimum atomic E-state index is -0.138. The summed E-state index contributed by atoms with van der Waals surface area (Å²) in [5.41, 5.74) is 8.82. The Balaban J connectivity index is 1.94. The Morgan fingerprint density at radius 2 is 2.30 bits per heavy atom. The maximum Gasteiger partial charge on any atom is 0.253 e. The number of hydrogen-bond donors (Lipinski definition) is 3. The van der Waals surface area contributed by atoms with Crippen molar-refractivity contribution in [1.82, 2.24) is 10.3 Å². The normalized spacial score (nSPS) is 10.7. The van der Waals surface area contributed by atoms with Gasteiger partial charge in [-0.1, -0.05) is 12.2 Å². The number of H-pyrrole nitrogens is 1. The Bertz CT molecular complexity index is 631. The molecule has 4 N–H and O–H groups in total. The second-order valence-electron chi connectivity index (χ2n) is 4.77. The van der Waals surface area contributed by atoms with Crippen molar-refractivity contribution in [2.75, 3.05) is 25.5 Å². The van der Waals surface area contributed by atoms with Gasteiger partial charge >= 0.3 is 0 Å². The number of hydrogen-bond acceptors (Lipinski definition) is 3. The van der Waals surface area contributed by atoms with Crippen LogP contribution >= 0.6 is 0 Å². The number of anilines is 1. The van der Waals surface area contributed by atoms with Crippen molar-refractivity contribution in [3.8, 4) is 0 Å². The standard InChI is InChI=1S/C15H19N3O2/c1-10(2)9-20-6-5-17-15(19)13-8-18-14-4-3-11(16)7-12(13)14/h3-4,7-8,18H,1,5-6,9,16H2,2H3,(H,17,19). The summed E-state index contributed by atoms with van der Waals surface area (Å²) in [5.74, 6) is -0.138. The van der Waals surface area contributed by atoms with E-state index in [2.05, 4.69) is 16.9 Å². The van der Waals surface area contributed by atoms with Crippen LogP contribution < -0.4 is 11.1 Å². The molecule has 1 amide bonds. The van der Waals surface area contributed by atoms with Gasteiger partial charge in [-0.2, -0.15) is 0 Å². The van der Waals surface area contributed by atoms with Crippen molar-refractivity contribution in [2.24, 2.45) is 0 Å². The van der Waals surface area contributed by atoms with Gasteiger partial charge in [0, 0.05) is 29.3 Å². The maximum absolute atomic E-state index is 12.1. The zero-order chi connectivity index (χ0) is 14.5. The molecular formula is C15H19N3O2. The summed E-state index contributed by atoms with van der Waals surface area (Å²) in [5, 5.41) is 3.64. The van der Waals surface area contributed by atoms with Crippen LogP contribution in [0, 0.1) is 0 Å². The van der Waals surface area contributed by atoms with Crippen molar-refractivity contribution >= 4 is 22.5 Å². The smallest absolute Gasteiger partial charge is 0.253 e. The van der Waals surface area contributed by atoms with E-state index in [4.69, 9.17) is 10.5 Å². The zero-order valence-electron chi connectivity index (χ0n) is 11.5. The lowest BCUT2D eigenvalue weighted by Gasteiger charge is -2.06. The monoisotopic (exact) mass is 273 g/mol. The molecule has 5 nitrogen and oxygen atoms in total. The van der Waals surface area contributed by atoms with E-state index in [-0.39, 0.29) is 5.91 Å². The van der Waals surface area contributed by atoms with E-state index in [9.17, 15) is 4.79 Å². The first kappa shape index (κ1) is 14.1. The van der Waals surface area contributed by atoms with Gasteiger partial charge in [-0.05, 0) is 25.1 Å². The Morgan fingerprint density at radius 1 is 1.50 bits per heavy atom. The van der Waals surface area contributed by atoms with Crippen LogP contribution in [0.3, 0.4) is 0 Å². The number of carbonyl (C=O) groups excluding carboxylic acids is 1. The molecular weight excluding hydrogens is 254 g/mol. The Morgan fingerprint density at radius 3 is 3.05 bits per heavy atom. The number of carbonyl (C=O) groups is 1. The number of aromatic amines is 1. The third-order valence-electron chi connectivity index (χ3n) is 2.83. The van der Waals surface area contributed by atoms with Crippen molar-refractivity contribution in [1.29, 1.82) is 0 Å². The van der Waals surface area contributed by atoms with Crippen LogP contribution in [0.2, 0.25) is 0 Å². The lowest BCUT2D eigenvalue weighted by molar-refractivity contribution is 0.0928. The fourth-order valence-electron chi connectivity index (χ4n) is 1.90. The second-order valence-corrected chi connectivity index (χ2v) is 4.77. The summed E-state index contributed by atoms with van der Waals surface area (Å²) in [6, 6.07) is 5.45. The number of amides is 1. The van der Waals surface area contributed by atoms with E-state index in [0.29, 0.717) is 31.0 Å². The molecule has 1 heterocycles. The molecule has 0 aliphatic heterocycles. The third kappa shape index (κ3) is 3.39. The van der Waals surface area contributed by atoms with Gasteiger partial charge in [0.1, 0.15) is 0 Å². The lowest BCUT2D eigenvalue weighted by atomic mass is 10.1. The SMILES string of the molecule is C=C(C)COCCNC(=O)c1c[nH]c2ccc(N)cc12. The molecule has 0 atom stereocenters. The third-order valence-corrected chi connectivity index (χ3v) is 2.83. The maximum atomic E-state index is 12.1. The molecule has 106 valence electrons. The average molecular weight is 273 g/mol. The van der Waals surface area contributed by atoms with Gasteiger partial charge in [0.15, 0.2) is 0 Å². The summed E-state index contributed by atoms with van der Waals surface area (Å²) in [6.07, 6.45) is 1.69. The summed E-state index contributed by atoms with van der Waals surface area (Å²) >= 11 is 0. The number of benzene rings is 1. The van der Waals surface area contributed by atoms with Gasteiger partial charge in [0.05, 0.1) is 18.8 Å². The molecule has 0 fully saturated rings. The van der Waals surface area contributed by atoms with Crippen molar-refractivity contribution in [3.05, 3.63) is 42.1 Å². The summed E-state index contributed by atoms with van der Waals surface area (Å²) in [4.78, 5) is 15.1. The molecule has 0 radical (unpaired) electrons. The van der Waals surface area contributed by atoms with Crippen molar-refractivity contribution < 1.29 is 9.53 Å². The molecule has 0 bridgehead atoms. The predicted octanol–water partition coefficient (Wildman–Crippen LogP) is 2.07. The molecule has 1 aromatic heterocycles. The molecule has 0 unspecified atom stereocenters. The highest BCUT2D eigenvalue weighted by Crippen LogP contribution is 2.20. The molecule has 20 heavy (non-hydrogen) atoms. The number of rotatable bonds is 6. The van der Waals surface area contributed by atoms with Crippen LogP contribution in [0.1, 0.15) is 17.3 Å². The number of nitrogen functional groups attached to an aromatic ring is 1. The summed E-state index contributed by atoms with van der Waals surface area (Å²) < 4.78 is 5.33. The van der Waals surface area contributed by atoms with E-state index in [1.165, 1.54) is 0 Å². The first-order valence-corrected chi connectivity index (χ1v) is 6.45. The van der Waals surface area contributed by atoms with E-state index >= 15 is 0 Å². The number of nitrogens with two attached hydrogens (primary N) is 1. The first-order chi connectivity index (χ1) is 9.58. The van der Waals surface area contributed by atoms with E-state index in [1.807, 2.05) is 13.0 Å². The largest absolute Gasteiger partial charge is 0.399 e. The minimum absolute atomic E-state index is 0.138. The Labute approximate surface area is 117 Å². The molecule has 2 aromatic rings. The highest BCUT2D eigenvalue weighted by molar-refractivity contribution is 6.07. The summed E-state index contributed by atoms with van der Waals surface area (Å²) in [7, 11) is 0. The first-order valence-electron chi connectivity index (χ1n) is 6.45. The molecule has 0 saturated heterocycles.